The number of benzene rings is 3. The van der Waals surface area contributed by atoms with Gasteiger partial charge in [-0.3, -0.25) is 4.79 Å². The van der Waals surface area contributed by atoms with Gasteiger partial charge < -0.3 is 10.3 Å². The van der Waals surface area contributed by atoms with E-state index in [0.29, 0.717) is 12.1 Å². The van der Waals surface area contributed by atoms with E-state index in [9.17, 15) is 4.79 Å². The Kier molecular flexibility index (Phi) is 4.63. The van der Waals surface area contributed by atoms with Crippen molar-refractivity contribution < 1.29 is 4.79 Å². The number of aryl methyl sites for hydroxylation is 1. The van der Waals surface area contributed by atoms with Gasteiger partial charge in [-0.1, -0.05) is 55.3 Å². The highest BCUT2D eigenvalue weighted by atomic mass is 35.5. The Morgan fingerprint density at radius 3 is 2.70 bits per heavy atom. The molecule has 1 radical (unpaired) electrons. The lowest BCUT2D eigenvalue weighted by Gasteiger charge is -2.10. The van der Waals surface area contributed by atoms with Gasteiger partial charge in [0.1, 0.15) is 0 Å². The predicted molar refractivity (Wildman–Crippen MR) is 111 cm³/mol. The molecule has 1 aromatic heterocycles. The van der Waals surface area contributed by atoms with E-state index in [1.54, 1.807) is 6.07 Å². The Morgan fingerprint density at radius 2 is 1.96 bits per heavy atom. The normalized spacial score (nSPS) is 11.3. The molecule has 0 saturated carbocycles. The van der Waals surface area contributed by atoms with Gasteiger partial charge in [-0.05, 0) is 47.9 Å². The molecule has 0 aliphatic carbocycles. The molecular weight excluding hydrogens is 356 g/mol. The van der Waals surface area contributed by atoms with Crippen molar-refractivity contribution in [3.8, 4) is 0 Å². The summed E-state index contributed by atoms with van der Waals surface area (Å²) in [5.41, 5.74) is 10.4. The maximum absolute atomic E-state index is 12.0. The monoisotopic (exact) mass is 375 g/mol. The van der Waals surface area contributed by atoms with Crippen LogP contribution in [0.15, 0.2) is 54.6 Å². The van der Waals surface area contributed by atoms with E-state index in [-0.39, 0.29) is 0 Å². The minimum absolute atomic E-state index is 0.427. The summed E-state index contributed by atoms with van der Waals surface area (Å²) >= 11 is 6.41. The summed E-state index contributed by atoms with van der Waals surface area (Å²) in [5.74, 6) is -0.427. The highest BCUT2D eigenvalue weighted by Gasteiger charge is 2.17. The Labute approximate surface area is 163 Å². The van der Waals surface area contributed by atoms with Crippen molar-refractivity contribution in [2.45, 2.75) is 26.3 Å². The van der Waals surface area contributed by atoms with Gasteiger partial charge in [0.05, 0.1) is 11.0 Å². The summed E-state index contributed by atoms with van der Waals surface area (Å²) in [6.45, 7) is 2.78. The molecule has 135 valence electrons. The fourth-order valence-corrected chi connectivity index (χ4v) is 3.90. The molecule has 0 spiro atoms. The van der Waals surface area contributed by atoms with Crippen LogP contribution in [0, 0.1) is 6.07 Å². The van der Waals surface area contributed by atoms with E-state index in [4.69, 9.17) is 17.3 Å². The second-order valence-corrected chi connectivity index (χ2v) is 7.17. The quantitative estimate of drug-likeness (QED) is 0.502. The molecule has 4 heteroatoms. The molecule has 27 heavy (non-hydrogen) atoms. The number of rotatable bonds is 5. The van der Waals surface area contributed by atoms with Crippen LogP contribution >= 0.6 is 11.6 Å². The Balaban J connectivity index is 2.04. The van der Waals surface area contributed by atoms with Gasteiger partial charge in [0.2, 0.25) is 5.91 Å². The van der Waals surface area contributed by atoms with Crippen LogP contribution in [-0.4, -0.2) is 10.5 Å². The summed E-state index contributed by atoms with van der Waals surface area (Å²) in [6.07, 6.45) is 2.05. The highest BCUT2D eigenvalue weighted by molar-refractivity contribution is 6.31. The Hall–Kier alpha value is -2.78. The first kappa shape index (κ1) is 17.6. The van der Waals surface area contributed by atoms with Crippen LogP contribution in [0.25, 0.3) is 21.8 Å². The maximum atomic E-state index is 12.0. The molecule has 0 aliphatic rings. The van der Waals surface area contributed by atoms with E-state index < -0.39 is 5.91 Å². The number of carbonyl (C=O) groups is 1. The molecule has 2 N–H and O–H groups in total. The molecule has 3 aromatic carbocycles. The van der Waals surface area contributed by atoms with E-state index in [0.717, 1.165) is 45.2 Å². The number of nitrogens with two attached hydrogens (primary N) is 1. The number of hydrogen-bond acceptors (Lipinski definition) is 1. The summed E-state index contributed by atoms with van der Waals surface area (Å²) in [4.78, 5) is 12.0. The first-order valence-electron chi connectivity index (χ1n) is 9.09. The van der Waals surface area contributed by atoms with Crippen molar-refractivity contribution in [3.63, 3.8) is 0 Å². The third-order valence-corrected chi connectivity index (χ3v) is 5.31. The summed E-state index contributed by atoms with van der Waals surface area (Å²) in [7, 11) is 0. The van der Waals surface area contributed by atoms with Crippen LogP contribution in [0.1, 0.15) is 34.8 Å². The fourth-order valence-electron chi connectivity index (χ4n) is 3.70. The van der Waals surface area contributed by atoms with Crippen molar-refractivity contribution in [3.05, 3.63) is 82.4 Å². The third kappa shape index (κ3) is 3.08. The van der Waals surface area contributed by atoms with Gasteiger partial charge in [-0.15, -0.1) is 0 Å². The van der Waals surface area contributed by atoms with Gasteiger partial charge >= 0.3 is 0 Å². The van der Waals surface area contributed by atoms with Crippen molar-refractivity contribution in [1.82, 2.24) is 4.57 Å². The number of hydrogen-bond donors (Lipinski definition) is 1. The van der Waals surface area contributed by atoms with Gasteiger partial charge in [-0.2, -0.15) is 0 Å². The minimum Gasteiger partial charge on any atom is -0.366 e. The predicted octanol–water partition coefficient (Wildman–Crippen LogP) is 5.35. The van der Waals surface area contributed by atoms with E-state index in [2.05, 4.69) is 23.6 Å². The van der Waals surface area contributed by atoms with Crippen molar-refractivity contribution in [2.24, 2.45) is 5.73 Å². The molecule has 4 aromatic rings. The number of aromatic nitrogens is 1. The smallest absolute Gasteiger partial charge is 0.249 e. The number of primary amides is 1. The number of amides is 1. The Morgan fingerprint density at radius 1 is 1.15 bits per heavy atom. The number of nitrogens with zero attached hydrogens (tertiary/aromatic N) is 1. The van der Waals surface area contributed by atoms with E-state index in [1.165, 1.54) is 5.56 Å². The van der Waals surface area contributed by atoms with Gasteiger partial charge in [0, 0.05) is 27.9 Å². The van der Waals surface area contributed by atoms with Crippen LogP contribution in [0.3, 0.4) is 0 Å². The topological polar surface area (TPSA) is 48.0 Å². The van der Waals surface area contributed by atoms with E-state index in [1.807, 2.05) is 42.5 Å². The SMILES string of the molecule is CCCc1c[c]c2c3c(C(N)=O)cccc3n(Cc3ccccc3Cl)c2c1. The summed E-state index contributed by atoms with van der Waals surface area (Å²) in [5, 5.41) is 2.51. The zero-order valence-electron chi connectivity index (χ0n) is 15.1. The van der Waals surface area contributed by atoms with Crippen LogP contribution < -0.4 is 5.73 Å². The van der Waals surface area contributed by atoms with E-state index >= 15 is 0 Å². The first-order valence-corrected chi connectivity index (χ1v) is 9.46. The molecular formula is C23H20ClN2O. The minimum atomic E-state index is -0.427. The lowest BCUT2D eigenvalue weighted by atomic mass is 10.0. The van der Waals surface area contributed by atoms with Gasteiger partial charge in [0.15, 0.2) is 0 Å². The maximum Gasteiger partial charge on any atom is 0.249 e. The van der Waals surface area contributed by atoms with Crippen molar-refractivity contribution in [2.75, 3.05) is 0 Å². The first-order chi connectivity index (χ1) is 13.1. The second kappa shape index (κ2) is 7.09. The summed E-state index contributed by atoms with van der Waals surface area (Å²) in [6, 6.07) is 21.1. The van der Waals surface area contributed by atoms with Gasteiger partial charge in [-0.25, -0.2) is 0 Å². The summed E-state index contributed by atoms with van der Waals surface area (Å²) < 4.78 is 2.20. The highest BCUT2D eigenvalue weighted by Crippen LogP contribution is 2.33. The Bertz CT molecular complexity index is 1160. The molecule has 0 unspecified atom stereocenters. The molecule has 0 fully saturated rings. The molecule has 0 aliphatic heterocycles. The lowest BCUT2D eigenvalue weighted by molar-refractivity contribution is 0.100. The molecule has 1 heterocycles. The zero-order chi connectivity index (χ0) is 19.0. The van der Waals surface area contributed by atoms with Gasteiger partial charge in [0.25, 0.3) is 0 Å². The van der Waals surface area contributed by atoms with Crippen LogP contribution in [0.2, 0.25) is 5.02 Å². The molecule has 0 bridgehead atoms. The molecule has 1 amide bonds. The van der Waals surface area contributed by atoms with Crippen LogP contribution in [0.4, 0.5) is 0 Å². The molecule has 0 atom stereocenters. The fraction of sp³-hybridized carbons (Fsp3) is 0.174. The number of fused-ring (bicyclic) bond motifs is 3. The largest absolute Gasteiger partial charge is 0.366 e. The average molecular weight is 376 g/mol. The standard InChI is InChI=1S/C23H20ClN2O/c1-2-6-15-11-12-17-21(13-15)26(14-16-7-3-4-9-19(16)24)20-10-5-8-18(22(17)20)23(25)27/h3-5,7-11,13H,2,6,14H2,1H3,(H2,25,27). The third-order valence-electron chi connectivity index (χ3n) is 4.94. The molecule has 0 saturated heterocycles. The molecule has 3 nitrogen and oxygen atoms in total. The lowest BCUT2D eigenvalue weighted by Crippen LogP contribution is -2.11. The van der Waals surface area contributed by atoms with Crippen LogP contribution in [0.5, 0.6) is 0 Å². The molecule has 4 rings (SSSR count). The average Bonchev–Trinajstić information content (AvgIpc) is 2.97. The second-order valence-electron chi connectivity index (χ2n) is 6.76. The number of carbonyl (C=O) groups excluding carboxylic acids is 1. The number of halogens is 1. The van der Waals surface area contributed by atoms with Crippen molar-refractivity contribution >= 4 is 39.3 Å². The van der Waals surface area contributed by atoms with Crippen LogP contribution in [-0.2, 0) is 13.0 Å². The van der Waals surface area contributed by atoms with Crippen molar-refractivity contribution in [1.29, 1.82) is 0 Å². The zero-order valence-corrected chi connectivity index (χ0v) is 15.9.